The molecule has 3 rings (SSSR count). The van der Waals surface area contributed by atoms with Gasteiger partial charge in [0, 0.05) is 19.8 Å². The summed E-state index contributed by atoms with van der Waals surface area (Å²) in [5, 5.41) is 2.53. The van der Waals surface area contributed by atoms with Gasteiger partial charge in [0.25, 0.3) is 5.91 Å². The van der Waals surface area contributed by atoms with E-state index in [0.29, 0.717) is 25.2 Å². The highest BCUT2D eigenvalue weighted by atomic mass is 35.5. The number of nitrogens with zero attached hydrogens (tertiary/aromatic N) is 2. The zero-order valence-corrected chi connectivity index (χ0v) is 19.1. The summed E-state index contributed by atoms with van der Waals surface area (Å²) < 4.78 is 57.7. The zero-order valence-electron chi connectivity index (χ0n) is 17.4. The van der Waals surface area contributed by atoms with Crippen molar-refractivity contribution in [1.29, 1.82) is 0 Å². The Bertz CT molecular complexity index is 1100. The fourth-order valence-electron chi connectivity index (χ4n) is 3.15. The van der Waals surface area contributed by atoms with E-state index in [1.54, 1.807) is 13.1 Å². The summed E-state index contributed by atoms with van der Waals surface area (Å²) >= 11 is 0. The van der Waals surface area contributed by atoms with E-state index in [1.807, 2.05) is 4.90 Å². The van der Waals surface area contributed by atoms with Gasteiger partial charge in [-0.3, -0.25) is 9.78 Å². The third-order valence-electron chi connectivity index (χ3n) is 4.70. The Hall–Kier alpha value is -2.88. The number of benzene rings is 2. The van der Waals surface area contributed by atoms with Crippen LogP contribution >= 0.6 is 24.8 Å². The number of pyridine rings is 1. The van der Waals surface area contributed by atoms with Crippen LogP contribution in [0.4, 0.5) is 28.9 Å². The minimum absolute atomic E-state index is 0. The Labute approximate surface area is 200 Å². The molecule has 11 heteroatoms. The number of anilines is 2. The van der Waals surface area contributed by atoms with Gasteiger partial charge in [0.05, 0.1) is 34.3 Å². The predicted octanol–water partition coefficient (Wildman–Crippen LogP) is 5.19. The van der Waals surface area contributed by atoms with Gasteiger partial charge in [0.15, 0.2) is 0 Å². The summed E-state index contributed by atoms with van der Waals surface area (Å²) in [6.07, 6.45) is 3.61. The van der Waals surface area contributed by atoms with Crippen molar-refractivity contribution in [2.75, 3.05) is 30.4 Å². The van der Waals surface area contributed by atoms with Gasteiger partial charge < -0.3 is 16.0 Å². The maximum Gasteiger partial charge on any atom is 0.258 e. The van der Waals surface area contributed by atoms with Gasteiger partial charge in [-0.15, -0.1) is 24.8 Å². The first-order valence-corrected chi connectivity index (χ1v) is 9.44. The molecule has 0 aliphatic rings. The fraction of sp³-hybridized carbons (Fsp3) is 0.182. The molecular weight excluding hydrogens is 483 g/mol. The molecule has 178 valence electrons. The summed E-state index contributed by atoms with van der Waals surface area (Å²) in [6, 6.07) is 6.19. The SMILES string of the molecule is CN(CCCN)c1ccncc1NC(=O)c1ccc(F)c(-c2c(F)cccc2F)c1F.Cl.Cl. The smallest absolute Gasteiger partial charge is 0.258 e. The standard InChI is InChI=1S/C22H20F4N4O.2ClH/c1-30(11-3-9-27)18-8-10-28-12-17(18)29-22(31)13-6-7-16(25)20(21(13)26)19-14(23)4-2-5-15(19)24;;/h2,4-8,10,12H,3,9,11,27H2,1H3,(H,29,31);2*1H. The minimum atomic E-state index is -1.37. The molecule has 0 spiro atoms. The first-order valence-electron chi connectivity index (χ1n) is 9.44. The highest BCUT2D eigenvalue weighted by molar-refractivity contribution is 6.06. The monoisotopic (exact) mass is 504 g/mol. The number of nitrogens with one attached hydrogen (secondary N) is 1. The highest BCUT2D eigenvalue weighted by Gasteiger charge is 2.25. The van der Waals surface area contributed by atoms with Gasteiger partial charge in [0.1, 0.15) is 23.3 Å². The van der Waals surface area contributed by atoms with Crippen molar-refractivity contribution >= 4 is 42.1 Å². The Morgan fingerprint density at radius 2 is 1.64 bits per heavy atom. The van der Waals surface area contributed by atoms with Gasteiger partial charge in [0.2, 0.25) is 0 Å². The van der Waals surface area contributed by atoms with Crippen molar-refractivity contribution in [1.82, 2.24) is 4.98 Å². The van der Waals surface area contributed by atoms with Crippen molar-refractivity contribution in [3.8, 4) is 11.1 Å². The molecule has 3 aromatic rings. The van der Waals surface area contributed by atoms with Crippen molar-refractivity contribution in [2.24, 2.45) is 5.73 Å². The van der Waals surface area contributed by atoms with Crippen LogP contribution in [0.3, 0.4) is 0 Å². The topological polar surface area (TPSA) is 71.2 Å². The summed E-state index contributed by atoms with van der Waals surface area (Å²) in [5.74, 6) is -5.78. The lowest BCUT2D eigenvalue weighted by Gasteiger charge is -2.22. The van der Waals surface area contributed by atoms with Crippen molar-refractivity contribution in [2.45, 2.75) is 6.42 Å². The Morgan fingerprint density at radius 1 is 1.00 bits per heavy atom. The average molecular weight is 505 g/mol. The van der Waals surface area contributed by atoms with Crippen molar-refractivity contribution in [3.05, 3.63) is 77.6 Å². The molecule has 1 heterocycles. The number of amides is 1. The van der Waals surface area contributed by atoms with Crippen LogP contribution < -0.4 is 16.0 Å². The quantitative estimate of drug-likeness (QED) is 0.434. The van der Waals surface area contributed by atoms with Gasteiger partial charge in [-0.2, -0.15) is 0 Å². The Balaban J connectivity index is 0.00000272. The van der Waals surface area contributed by atoms with E-state index in [1.165, 1.54) is 12.4 Å². The molecule has 0 saturated carbocycles. The van der Waals surface area contributed by atoms with Crippen LogP contribution in [0.1, 0.15) is 16.8 Å². The number of carbonyl (C=O) groups excluding carboxylic acids is 1. The van der Waals surface area contributed by atoms with Gasteiger partial charge in [-0.25, -0.2) is 17.6 Å². The van der Waals surface area contributed by atoms with Crippen LogP contribution in [-0.4, -0.2) is 31.0 Å². The number of rotatable bonds is 7. The van der Waals surface area contributed by atoms with Crippen LogP contribution in [-0.2, 0) is 0 Å². The molecule has 0 saturated heterocycles. The third-order valence-corrected chi connectivity index (χ3v) is 4.70. The van der Waals surface area contributed by atoms with E-state index in [2.05, 4.69) is 10.3 Å². The molecule has 0 radical (unpaired) electrons. The average Bonchev–Trinajstić information content (AvgIpc) is 2.74. The van der Waals surface area contributed by atoms with E-state index in [9.17, 15) is 18.0 Å². The van der Waals surface area contributed by atoms with Crippen LogP contribution in [0.15, 0.2) is 48.8 Å². The fourth-order valence-corrected chi connectivity index (χ4v) is 3.15. The van der Waals surface area contributed by atoms with Crippen LogP contribution in [0.5, 0.6) is 0 Å². The van der Waals surface area contributed by atoms with E-state index in [-0.39, 0.29) is 30.5 Å². The van der Waals surface area contributed by atoms with Crippen molar-refractivity contribution < 1.29 is 22.4 Å². The summed E-state index contributed by atoms with van der Waals surface area (Å²) in [4.78, 5) is 18.6. The van der Waals surface area contributed by atoms with E-state index >= 15 is 4.39 Å². The lowest BCUT2D eigenvalue weighted by Crippen LogP contribution is -2.23. The molecule has 0 fully saturated rings. The first kappa shape index (κ1) is 28.2. The van der Waals surface area contributed by atoms with Crippen LogP contribution in [0.25, 0.3) is 11.1 Å². The lowest BCUT2D eigenvalue weighted by molar-refractivity contribution is 0.102. The second kappa shape index (κ2) is 12.4. The van der Waals surface area contributed by atoms with Gasteiger partial charge in [-0.05, 0) is 43.3 Å². The number of nitrogens with two attached hydrogens (primary N) is 1. The number of hydrogen-bond acceptors (Lipinski definition) is 4. The Kier molecular flexibility index (Phi) is 10.6. The molecule has 0 unspecified atom stereocenters. The molecule has 1 aromatic heterocycles. The number of hydrogen-bond donors (Lipinski definition) is 2. The first-order chi connectivity index (χ1) is 14.8. The molecular formula is C22H22Cl2F4N4O. The van der Waals surface area contributed by atoms with Crippen molar-refractivity contribution in [3.63, 3.8) is 0 Å². The zero-order chi connectivity index (χ0) is 22.5. The number of aromatic nitrogens is 1. The van der Waals surface area contributed by atoms with Crippen LogP contribution in [0.2, 0.25) is 0 Å². The molecule has 0 atom stereocenters. The summed E-state index contributed by atoms with van der Waals surface area (Å²) in [6.45, 7) is 1.08. The molecule has 0 aliphatic carbocycles. The lowest BCUT2D eigenvalue weighted by atomic mass is 9.99. The highest BCUT2D eigenvalue weighted by Crippen LogP contribution is 2.33. The molecule has 33 heavy (non-hydrogen) atoms. The molecule has 0 bridgehead atoms. The summed E-state index contributed by atoms with van der Waals surface area (Å²) in [7, 11) is 1.79. The maximum atomic E-state index is 15.1. The summed E-state index contributed by atoms with van der Waals surface area (Å²) in [5.41, 5.74) is 4.03. The largest absolute Gasteiger partial charge is 0.373 e. The molecule has 2 aromatic carbocycles. The van der Waals surface area contributed by atoms with Gasteiger partial charge >= 0.3 is 0 Å². The molecule has 0 aliphatic heterocycles. The molecule has 5 nitrogen and oxygen atoms in total. The second-order valence-corrected chi connectivity index (χ2v) is 6.79. The second-order valence-electron chi connectivity index (χ2n) is 6.79. The molecule has 3 N–H and O–H groups in total. The Morgan fingerprint density at radius 3 is 2.27 bits per heavy atom. The van der Waals surface area contributed by atoms with Gasteiger partial charge in [-0.1, -0.05) is 6.07 Å². The van der Waals surface area contributed by atoms with E-state index in [4.69, 9.17) is 5.73 Å². The van der Waals surface area contributed by atoms with E-state index in [0.717, 1.165) is 30.3 Å². The molecule has 1 amide bonds. The maximum absolute atomic E-state index is 15.1. The minimum Gasteiger partial charge on any atom is -0.373 e. The third kappa shape index (κ3) is 6.13. The number of halogens is 6. The normalized spacial score (nSPS) is 10.1. The number of carbonyl (C=O) groups is 1. The van der Waals surface area contributed by atoms with E-state index < -0.39 is 45.9 Å². The van der Waals surface area contributed by atoms with Crippen LogP contribution in [0, 0.1) is 23.3 Å². The predicted molar refractivity (Wildman–Crippen MR) is 125 cm³/mol.